The highest BCUT2D eigenvalue weighted by Gasteiger charge is 2.18. The summed E-state index contributed by atoms with van der Waals surface area (Å²) in [6.07, 6.45) is 1.05. The molecule has 2 heterocycles. The van der Waals surface area contributed by atoms with Crippen LogP contribution in [-0.4, -0.2) is 49.2 Å². The number of ketones is 1. The number of carbonyl (C=O) groups is 3. The Morgan fingerprint density at radius 2 is 1.93 bits per heavy atom. The van der Waals surface area contributed by atoms with Crippen LogP contribution in [0.3, 0.4) is 0 Å². The van der Waals surface area contributed by atoms with Crippen LogP contribution in [0.1, 0.15) is 33.7 Å². The number of anilines is 1. The monoisotopic (exact) mass is 414 g/mol. The molecule has 8 nitrogen and oxygen atoms in total. The third-order valence-electron chi connectivity index (χ3n) is 5.09. The van der Waals surface area contributed by atoms with E-state index in [0.717, 1.165) is 22.6 Å². The van der Waals surface area contributed by atoms with Gasteiger partial charge in [0.2, 0.25) is 11.7 Å². The van der Waals surface area contributed by atoms with Crippen molar-refractivity contribution in [3.8, 4) is 5.75 Å². The van der Waals surface area contributed by atoms with Gasteiger partial charge in [0.05, 0.1) is 6.61 Å². The zero-order chi connectivity index (χ0) is 21.7. The maximum absolute atomic E-state index is 12.5. The number of nitrogens with one attached hydrogen (secondary N) is 1. The lowest BCUT2D eigenvalue weighted by Gasteiger charge is -2.17. The Labute approximate surface area is 175 Å². The SMILES string of the molecule is COCCn1c(C)cc(C(=O)COC(=O)COc2ccc3c(c2)CCC(=O)N3)c1C. The Balaban J connectivity index is 1.50. The molecule has 0 unspecified atom stereocenters. The van der Waals surface area contributed by atoms with E-state index in [1.54, 1.807) is 31.4 Å². The minimum atomic E-state index is -0.623. The number of Topliss-reactive ketones (excluding diaryl/α,β-unsaturated/α-hetero) is 1. The number of methoxy groups -OCH3 is 1. The quantitative estimate of drug-likeness (QED) is 0.500. The first kappa shape index (κ1) is 21.6. The summed E-state index contributed by atoms with van der Waals surface area (Å²) in [6, 6.07) is 7.01. The summed E-state index contributed by atoms with van der Waals surface area (Å²) < 4.78 is 17.7. The minimum Gasteiger partial charge on any atom is -0.482 e. The molecule has 0 bridgehead atoms. The molecule has 30 heavy (non-hydrogen) atoms. The van der Waals surface area contributed by atoms with E-state index in [0.29, 0.717) is 37.3 Å². The fourth-order valence-electron chi connectivity index (χ4n) is 3.47. The van der Waals surface area contributed by atoms with Gasteiger partial charge < -0.3 is 24.1 Å². The van der Waals surface area contributed by atoms with Gasteiger partial charge in [0.25, 0.3) is 0 Å². The van der Waals surface area contributed by atoms with E-state index in [1.165, 1.54) is 0 Å². The molecule has 0 aliphatic carbocycles. The molecule has 0 saturated carbocycles. The Hall–Kier alpha value is -3.13. The van der Waals surface area contributed by atoms with Crippen molar-refractivity contribution < 1.29 is 28.6 Å². The molecular formula is C22H26N2O6. The van der Waals surface area contributed by atoms with Crippen LogP contribution in [0.2, 0.25) is 0 Å². The van der Waals surface area contributed by atoms with E-state index in [9.17, 15) is 14.4 Å². The van der Waals surface area contributed by atoms with Crippen molar-refractivity contribution >= 4 is 23.3 Å². The topological polar surface area (TPSA) is 95.9 Å². The number of fused-ring (bicyclic) bond motifs is 1. The van der Waals surface area contributed by atoms with Crippen LogP contribution in [0.25, 0.3) is 0 Å². The number of ether oxygens (including phenoxy) is 3. The molecule has 160 valence electrons. The highest BCUT2D eigenvalue weighted by atomic mass is 16.6. The summed E-state index contributed by atoms with van der Waals surface area (Å²) in [5, 5.41) is 2.79. The first-order chi connectivity index (χ1) is 14.4. The number of benzene rings is 1. The first-order valence-corrected chi connectivity index (χ1v) is 9.79. The number of rotatable bonds is 9. The lowest BCUT2D eigenvalue weighted by Crippen LogP contribution is -2.21. The minimum absolute atomic E-state index is 0.0103. The van der Waals surface area contributed by atoms with Crippen LogP contribution in [0, 0.1) is 13.8 Å². The summed E-state index contributed by atoms with van der Waals surface area (Å²) in [6.45, 7) is 4.34. The molecule has 1 aromatic heterocycles. The second kappa shape index (κ2) is 9.58. The molecule has 1 aliphatic rings. The Morgan fingerprint density at radius 1 is 1.13 bits per heavy atom. The van der Waals surface area contributed by atoms with Crippen molar-refractivity contribution in [3.63, 3.8) is 0 Å². The molecule has 0 saturated heterocycles. The summed E-state index contributed by atoms with van der Waals surface area (Å²) in [5.74, 6) is -0.383. The molecule has 0 radical (unpaired) electrons. The predicted octanol–water partition coefficient (Wildman–Crippen LogP) is 2.44. The maximum Gasteiger partial charge on any atom is 0.344 e. The van der Waals surface area contributed by atoms with E-state index in [-0.39, 0.29) is 24.9 Å². The van der Waals surface area contributed by atoms with E-state index in [1.807, 2.05) is 18.4 Å². The average Bonchev–Trinajstić information content (AvgIpc) is 3.02. The molecule has 3 rings (SSSR count). The molecule has 8 heteroatoms. The molecule has 0 spiro atoms. The molecule has 1 N–H and O–H groups in total. The normalized spacial score (nSPS) is 12.8. The number of carbonyl (C=O) groups excluding carboxylic acids is 3. The highest BCUT2D eigenvalue weighted by molar-refractivity contribution is 5.99. The molecule has 2 aromatic rings. The third kappa shape index (κ3) is 5.07. The van der Waals surface area contributed by atoms with Gasteiger partial charge in [-0.15, -0.1) is 0 Å². The van der Waals surface area contributed by atoms with E-state index >= 15 is 0 Å². The first-order valence-electron chi connectivity index (χ1n) is 9.79. The standard InChI is InChI=1S/C22H26N2O6/c1-14-10-18(15(2)24(14)8-9-28-3)20(25)12-30-22(27)13-29-17-5-6-19-16(11-17)4-7-21(26)23-19/h5-6,10-11H,4,7-9,12-13H2,1-3H3,(H,23,26). The van der Waals surface area contributed by atoms with Crippen molar-refractivity contribution in [1.82, 2.24) is 4.57 Å². The fourth-order valence-corrected chi connectivity index (χ4v) is 3.47. The largest absolute Gasteiger partial charge is 0.482 e. The van der Waals surface area contributed by atoms with Gasteiger partial charge in [-0.25, -0.2) is 4.79 Å². The number of aromatic nitrogens is 1. The fraction of sp³-hybridized carbons (Fsp3) is 0.409. The molecule has 1 amide bonds. The molecule has 1 aliphatic heterocycles. The number of esters is 1. The van der Waals surface area contributed by atoms with Crippen LogP contribution < -0.4 is 10.1 Å². The van der Waals surface area contributed by atoms with Gasteiger partial charge in [0, 0.05) is 42.7 Å². The smallest absolute Gasteiger partial charge is 0.344 e. The number of nitrogens with zero attached hydrogens (tertiary/aromatic N) is 1. The predicted molar refractivity (Wildman–Crippen MR) is 110 cm³/mol. The number of hydrogen-bond acceptors (Lipinski definition) is 6. The van der Waals surface area contributed by atoms with Crippen LogP contribution in [0.15, 0.2) is 24.3 Å². The number of aryl methyl sites for hydroxylation is 2. The van der Waals surface area contributed by atoms with Gasteiger partial charge >= 0.3 is 5.97 Å². The lowest BCUT2D eigenvalue weighted by molar-refractivity contribution is -0.144. The molecular weight excluding hydrogens is 388 g/mol. The van der Waals surface area contributed by atoms with Crippen LogP contribution in [0.5, 0.6) is 5.75 Å². The molecule has 1 aromatic carbocycles. The van der Waals surface area contributed by atoms with Crippen molar-refractivity contribution in [2.24, 2.45) is 0 Å². The summed E-state index contributed by atoms with van der Waals surface area (Å²) >= 11 is 0. The second-order valence-corrected chi connectivity index (χ2v) is 7.17. The van der Waals surface area contributed by atoms with Crippen LogP contribution in [0.4, 0.5) is 5.69 Å². The van der Waals surface area contributed by atoms with Gasteiger partial charge in [0.1, 0.15) is 5.75 Å². The van der Waals surface area contributed by atoms with E-state index < -0.39 is 5.97 Å². The average molecular weight is 414 g/mol. The highest BCUT2D eigenvalue weighted by Crippen LogP contribution is 2.26. The zero-order valence-electron chi connectivity index (χ0n) is 17.4. The number of hydrogen-bond donors (Lipinski definition) is 1. The molecule has 0 fully saturated rings. The summed E-state index contributed by atoms with van der Waals surface area (Å²) in [7, 11) is 1.63. The Morgan fingerprint density at radius 3 is 2.70 bits per heavy atom. The van der Waals surface area contributed by atoms with Crippen LogP contribution in [-0.2, 0) is 32.0 Å². The molecule has 0 atom stereocenters. The number of amides is 1. The van der Waals surface area contributed by atoms with Gasteiger partial charge in [-0.05, 0) is 50.1 Å². The third-order valence-corrected chi connectivity index (χ3v) is 5.09. The van der Waals surface area contributed by atoms with Crippen molar-refractivity contribution in [1.29, 1.82) is 0 Å². The van der Waals surface area contributed by atoms with Crippen molar-refractivity contribution in [3.05, 3.63) is 46.8 Å². The van der Waals surface area contributed by atoms with E-state index in [4.69, 9.17) is 14.2 Å². The Bertz CT molecular complexity index is 963. The Kier molecular flexibility index (Phi) is 6.89. The van der Waals surface area contributed by atoms with Gasteiger partial charge in [-0.3, -0.25) is 9.59 Å². The van der Waals surface area contributed by atoms with E-state index in [2.05, 4.69) is 5.32 Å². The van der Waals surface area contributed by atoms with Gasteiger partial charge in [-0.1, -0.05) is 0 Å². The maximum atomic E-state index is 12.5. The van der Waals surface area contributed by atoms with Crippen molar-refractivity contribution in [2.75, 3.05) is 32.2 Å². The van der Waals surface area contributed by atoms with Gasteiger partial charge in [0.15, 0.2) is 13.2 Å². The zero-order valence-corrected chi connectivity index (χ0v) is 17.4. The van der Waals surface area contributed by atoms with Gasteiger partial charge in [-0.2, -0.15) is 0 Å². The lowest BCUT2D eigenvalue weighted by atomic mass is 10.0. The summed E-state index contributed by atoms with van der Waals surface area (Å²) in [5.41, 5.74) is 4.03. The second-order valence-electron chi connectivity index (χ2n) is 7.17. The summed E-state index contributed by atoms with van der Waals surface area (Å²) in [4.78, 5) is 35.9. The van der Waals surface area contributed by atoms with Crippen LogP contribution >= 0.6 is 0 Å². The van der Waals surface area contributed by atoms with Crippen molar-refractivity contribution in [2.45, 2.75) is 33.2 Å².